The van der Waals surface area contributed by atoms with E-state index in [4.69, 9.17) is 14.2 Å². The van der Waals surface area contributed by atoms with E-state index in [1.165, 1.54) is 7.11 Å². The van der Waals surface area contributed by atoms with E-state index in [2.05, 4.69) is 12.2 Å². The highest BCUT2D eigenvalue weighted by atomic mass is 16.5. The van der Waals surface area contributed by atoms with E-state index in [-0.39, 0.29) is 5.91 Å². The number of carbonyl (C=O) groups is 2. The van der Waals surface area contributed by atoms with Crippen LogP contribution in [0.5, 0.6) is 5.75 Å². The number of methoxy groups -OCH3 is 1. The van der Waals surface area contributed by atoms with Gasteiger partial charge in [-0.05, 0) is 56.7 Å². The molecule has 1 N–H and O–H groups in total. The number of nitrogens with one attached hydrogen (secondary N) is 1. The second-order valence-corrected chi connectivity index (χ2v) is 7.13. The molecule has 0 aromatic heterocycles. The molecule has 1 fully saturated rings. The van der Waals surface area contributed by atoms with Crippen LogP contribution < -0.4 is 10.1 Å². The zero-order valence-corrected chi connectivity index (χ0v) is 16.8. The molecule has 0 bridgehead atoms. The van der Waals surface area contributed by atoms with Crippen molar-refractivity contribution in [3.05, 3.63) is 23.8 Å². The Labute approximate surface area is 161 Å². The van der Waals surface area contributed by atoms with Gasteiger partial charge in [0, 0.05) is 12.3 Å². The predicted octanol–water partition coefficient (Wildman–Crippen LogP) is 4.19. The number of amides is 1. The molecule has 0 saturated heterocycles. The molecule has 6 nitrogen and oxygen atoms in total. The zero-order chi connectivity index (χ0) is 19.9. The number of ether oxygens (including phenoxy) is 3. The van der Waals surface area contributed by atoms with Crippen LogP contribution in [0.15, 0.2) is 18.2 Å². The molecule has 0 heterocycles. The van der Waals surface area contributed by atoms with Gasteiger partial charge in [-0.3, -0.25) is 4.79 Å². The number of hydrogen-bond acceptors (Lipinski definition) is 5. The van der Waals surface area contributed by atoms with Gasteiger partial charge in [0.05, 0.1) is 13.7 Å². The highest BCUT2D eigenvalue weighted by molar-refractivity contribution is 5.99. The van der Waals surface area contributed by atoms with Crippen LogP contribution in [-0.2, 0) is 14.3 Å². The molecular formula is C21H31NO5. The van der Waals surface area contributed by atoms with Crippen LogP contribution in [0.2, 0.25) is 0 Å². The molecule has 0 unspecified atom stereocenters. The zero-order valence-electron chi connectivity index (χ0n) is 16.8. The third-order valence-electron chi connectivity index (χ3n) is 4.89. The molecule has 2 rings (SSSR count). The fourth-order valence-corrected chi connectivity index (χ4v) is 3.64. The van der Waals surface area contributed by atoms with Crippen molar-refractivity contribution in [2.45, 2.75) is 58.5 Å². The number of hydrogen-bond donors (Lipinski definition) is 1. The summed E-state index contributed by atoms with van der Waals surface area (Å²) in [4.78, 5) is 25.2. The first-order chi connectivity index (χ1) is 13.0. The van der Waals surface area contributed by atoms with Crippen molar-refractivity contribution < 1.29 is 23.8 Å². The molecule has 0 spiro atoms. The molecule has 0 aliphatic heterocycles. The van der Waals surface area contributed by atoms with Crippen LogP contribution in [0, 0.1) is 5.92 Å². The summed E-state index contributed by atoms with van der Waals surface area (Å²) in [6, 6.07) is 5.02. The van der Waals surface area contributed by atoms with Crippen molar-refractivity contribution in [2.75, 3.05) is 25.6 Å². The van der Waals surface area contributed by atoms with Crippen molar-refractivity contribution in [3.8, 4) is 5.75 Å². The van der Waals surface area contributed by atoms with Crippen molar-refractivity contribution in [1.82, 2.24) is 0 Å². The minimum absolute atomic E-state index is 0.158. The van der Waals surface area contributed by atoms with Crippen molar-refractivity contribution in [2.24, 2.45) is 5.92 Å². The van der Waals surface area contributed by atoms with Gasteiger partial charge >= 0.3 is 5.97 Å². The quantitative estimate of drug-likeness (QED) is 0.688. The van der Waals surface area contributed by atoms with Gasteiger partial charge in [0.25, 0.3) is 5.91 Å². The Bertz CT molecular complexity index is 656. The first kappa shape index (κ1) is 21.2. The molecule has 1 aliphatic rings. The standard InChI is InChI=1S/C21H31NO5/c1-5-12-26-18-10-9-16(13-17(18)19(23)25-4)22-20(24)21(27-6-2)11-7-8-15(3)14-21/h9-10,13,15H,5-8,11-12,14H2,1-4H3,(H,22,24)/t15-,21-/m0/s1. The van der Waals surface area contributed by atoms with E-state index in [0.29, 0.717) is 49.0 Å². The third-order valence-corrected chi connectivity index (χ3v) is 4.89. The molecule has 1 aliphatic carbocycles. The highest BCUT2D eigenvalue weighted by Gasteiger charge is 2.42. The summed E-state index contributed by atoms with van der Waals surface area (Å²) in [6.45, 7) is 7.03. The van der Waals surface area contributed by atoms with Crippen LogP contribution >= 0.6 is 0 Å². The first-order valence-corrected chi connectivity index (χ1v) is 9.76. The summed E-state index contributed by atoms with van der Waals surface area (Å²) in [6.07, 6.45) is 4.31. The lowest BCUT2D eigenvalue weighted by Gasteiger charge is -2.38. The maximum atomic E-state index is 13.0. The lowest BCUT2D eigenvalue weighted by molar-refractivity contribution is -0.147. The van der Waals surface area contributed by atoms with Crippen LogP contribution in [0.25, 0.3) is 0 Å². The largest absolute Gasteiger partial charge is 0.493 e. The van der Waals surface area contributed by atoms with Crippen molar-refractivity contribution in [1.29, 1.82) is 0 Å². The van der Waals surface area contributed by atoms with E-state index in [1.54, 1.807) is 18.2 Å². The topological polar surface area (TPSA) is 73.9 Å². The van der Waals surface area contributed by atoms with E-state index in [1.807, 2.05) is 13.8 Å². The van der Waals surface area contributed by atoms with E-state index >= 15 is 0 Å². The Morgan fingerprint density at radius 2 is 2.07 bits per heavy atom. The van der Waals surface area contributed by atoms with Gasteiger partial charge in [-0.15, -0.1) is 0 Å². The second-order valence-electron chi connectivity index (χ2n) is 7.13. The molecular weight excluding hydrogens is 346 g/mol. The molecule has 1 aromatic carbocycles. The molecule has 150 valence electrons. The molecule has 1 amide bonds. The summed E-state index contributed by atoms with van der Waals surface area (Å²) in [5.41, 5.74) is 0.0164. The Hall–Kier alpha value is -2.08. The van der Waals surface area contributed by atoms with Crippen LogP contribution in [0.3, 0.4) is 0 Å². The predicted molar refractivity (Wildman–Crippen MR) is 104 cm³/mol. The number of anilines is 1. The lowest BCUT2D eigenvalue weighted by Crippen LogP contribution is -2.48. The van der Waals surface area contributed by atoms with Crippen LogP contribution in [0.1, 0.15) is 63.2 Å². The van der Waals surface area contributed by atoms with Crippen molar-refractivity contribution >= 4 is 17.6 Å². The molecule has 1 aromatic rings. The van der Waals surface area contributed by atoms with Crippen molar-refractivity contribution in [3.63, 3.8) is 0 Å². The van der Waals surface area contributed by atoms with Gasteiger partial charge in [-0.2, -0.15) is 0 Å². The number of rotatable bonds is 8. The Balaban J connectivity index is 2.24. The van der Waals surface area contributed by atoms with Gasteiger partial charge in [-0.25, -0.2) is 4.79 Å². The minimum Gasteiger partial charge on any atom is -0.493 e. The fraction of sp³-hybridized carbons (Fsp3) is 0.619. The Kier molecular flexibility index (Phi) is 7.66. The van der Waals surface area contributed by atoms with Gasteiger partial charge in [0.1, 0.15) is 16.9 Å². The smallest absolute Gasteiger partial charge is 0.341 e. The van der Waals surface area contributed by atoms with E-state index in [0.717, 1.165) is 19.3 Å². The minimum atomic E-state index is -0.810. The molecule has 2 atom stereocenters. The number of carbonyl (C=O) groups excluding carboxylic acids is 2. The van der Waals surface area contributed by atoms with Gasteiger partial charge in [-0.1, -0.05) is 20.3 Å². The number of esters is 1. The van der Waals surface area contributed by atoms with Crippen LogP contribution in [0.4, 0.5) is 5.69 Å². The Morgan fingerprint density at radius 3 is 2.70 bits per heavy atom. The summed E-state index contributed by atoms with van der Waals surface area (Å²) in [5.74, 6) is 0.232. The summed E-state index contributed by atoms with van der Waals surface area (Å²) in [7, 11) is 1.32. The van der Waals surface area contributed by atoms with Crippen LogP contribution in [-0.4, -0.2) is 37.8 Å². The first-order valence-electron chi connectivity index (χ1n) is 9.76. The third kappa shape index (κ3) is 5.22. The fourth-order valence-electron chi connectivity index (χ4n) is 3.64. The lowest BCUT2D eigenvalue weighted by atomic mass is 9.78. The average molecular weight is 377 g/mol. The monoisotopic (exact) mass is 377 g/mol. The average Bonchev–Trinajstić information content (AvgIpc) is 2.66. The molecule has 1 saturated carbocycles. The maximum absolute atomic E-state index is 13.0. The summed E-state index contributed by atoms with van der Waals surface area (Å²) < 4.78 is 16.4. The van der Waals surface area contributed by atoms with Gasteiger partial charge < -0.3 is 19.5 Å². The van der Waals surface area contributed by atoms with Gasteiger partial charge in [0.2, 0.25) is 0 Å². The second kappa shape index (κ2) is 9.74. The molecule has 0 radical (unpaired) electrons. The highest BCUT2D eigenvalue weighted by Crippen LogP contribution is 2.36. The normalized spacial score (nSPS) is 22.1. The summed E-state index contributed by atoms with van der Waals surface area (Å²) >= 11 is 0. The SMILES string of the molecule is CCCOc1ccc(NC(=O)[C@]2(OCC)CCC[C@H](C)C2)cc1C(=O)OC. The van der Waals surface area contributed by atoms with E-state index < -0.39 is 11.6 Å². The molecule has 27 heavy (non-hydrogen) atoms. The summed E-state index contributed by atoms with van der Waals surface area (Å²) in [5, 5.41) is 2.93. The number of benzene rings is 1. The van der Waals surface area contributed by atoms with Gasteiger partial charge in [0.15, 0.2) is 0 Å². The molecule has 6 heteroatoms. The maximum Gasteiger partial charge on any atom is 0.341 e. The Morgan fingerprint density at radius 1 is 1.30 bits per heavy atom. The van der Waals surface area contributed by atoms with E-state index in [9.17, 15) is 9.59 Å².